The Morgan fingerprint density at radius 3 is 2.63 bits per heavy atom. The van der Waals surface area contributed by atoms with Crippen LogP contribution in [0.5, 0.6) is 0 Å². The lowest BCUT2D eigenvalue weighted by molar-refractivity contribution is 0.0199. The van der Waals surface area contributed by atoms with Crippen molar-refractivity contribution in [1.29, 1.82) is 0 Å². The summed E-state index contributed by atoms with van der Waals surface area (Å²) in [5.41, 5.74) is 0.460. The lowest BCUT2D eigenvalue weighted by Gasteiger charge is -2.27. The number of carbonyl (C=O) groups is 1. The van der Waals surface area contributed by atoms with Gasteiger partial charge in [0.2, 0.25) is 0 Å². The fourth-order valence-corrected chi connectivity index (χ4v) is 3.23. The normalized spacial score (nSPS) is 32.2. The predicted octanol–water partition coefficient (Wildman–Crippen LogP) is 1.30. The smallest absolute Gasteiger partial charge is 0.411 e. The minimum Gasteiger partial charge on any atom is -0.444 e. The number of aliphatic hydroxyl groups is 2. The molecule has 5 nitrogen and oxygen atoms in total. The molecule has 0 aromatic heterocycles. The van der Waals surface area contributed by atoms with Crippen molar-refractivity contribution >= 4 is 6.09 Å². The molecule has 0 saturated carbocycles. The molecule has 1 amide bonds. The summed E-state index contributed by atoms with van der Waals surface area (Å²) in [4.78, 5) is 14.0. The van der Waals surface area contributed by atoms with E-state index in [1.54, 1.807) is 11.0 Å². The van der Waals surface area contributed by atoms with Gasteiger partial charge in [0.25, 0.3) is 0 Å². The maximum Gasteiger partial charge on any atom is 0.411 e. The molecule has 2 aliphatic heterocycles. The number of aliphatic hydroxyl groups excluding tert-OH is 2. The van der Waals surface area contributed by atoms with Gasteiger partial charge < -0.3 is 14.9 Å². The quantitative estimate of drug-likeness (QED) is 0.741. The van der Waals surface area contributed by atoms with E-state index in [4.69, 9.17) is 9.84 Å². The highest BCUT2D eigenvalue weighted by Gasteiger charge is 2.52. The second-order valence-corrected chi connectivity index (χ2v) is 6.22. The summed E-state index contributed by atoms with van der Waals surface area (Å²) in [5.74, 6) is -0.0570. The van der Waals surface area contributed by atoms with E-state index < -0.39 is 5.60 Å². The van der Waals surface area contributed by atoms with Crippen molar-refractivity contribution in [3.05, 3.63) is 11.6 Å². The van der Waals surface area contributed by atoms with Gasteiger partial charge in [0.15, 0.2) is 0 Å². The molecule has 0 radical (unpaired) electrons. The van der Waals surface area contributed by atoms with Crippen LogP contribution in [0.25, 0.3) is 0 Å². The lowest BCUT2D eigenvalue weighted by atomic mass is 9.84. The predicted molar refractivity (Wildman–Crippen MR) is 70.6 cm³/mol. The second-order valence-electron chi connectivity index (χ2n) is 6.22. The van der Waals surface area contributed by atoms with Crippen LogP contribution in [0.4, 0.5) is 4.79 Å². The van der Waals surface area contributed by atoms with Crippen molar-refractivity contribution in [2.24, 2.45) is 5.92 Å². The molecule has 2 aliphatic rings. The first kappa shape index (κ1) is 14.3. The molecule has 19 heavy (non-hydrogen) atoms. The molecule has 2 bridgehead atoms. The van der Waals surface area contributed by atoms with Crippen molar-refractivity contribution in [1.82, 2.24) is 4.90 Å². The highest BCUT2D eigenvalue weighted by atomic mass is 16.6. The molecule has 2 heterocycles. The molecule has 0 unspecified atom stereocenters. The lowest BCUT2D eigenvalue weighted by Crippen LogP contribution is -2.40. The van der Waals surface area contributed by atoms with Crippen LogP contribution in [-0.2, 0) is 4.74 Å². The second kappa shape index (κ2) is 5.13. The molecule has 0 aromatic rings. The van der Waals surface area contributed by atoms with E-state index in [9.17, 15) is 9.90 Å². The van der Waals surface area contributed by atoms with Crippen molar-refractivity contribution in [3.63, 3.8) is 0 Å². The number of fused-ring (bicyclic) bond motifs is 2. The Kier molecular flexibility index (Phi) is 3.87. The zero-order valence-corrected chi connectivity index (χ0v) is 11.8. The zero-order chi connectivity index (χ0) is 14.2. The van der Waals surface area contributed by atoms with Crippen LogP contribution in [0.2, 0.25) is 0 Å². The Balaban J connectivity index is 2.20. The molecule has 0 spiro atoms. The van der Waals surface area contributed by atoms with Gasteiger partial charge in [-0.25, -0.2) is 4.79 Å². The summed E-state index contributed by atoms with van der Waals surface area (Å²) in [6.45, 7) is 5.48. The third-order valence-electron chi connectivity index (χ3n) is 3.83. The van der Waals surface area contributed by atoms with Gasteiger partial charge in [0.05, 0.1) is 19.3 Å². The van der Waals surface area contributed by atoms with Gasteiger partial charge in [-0.05, 0) is 39.2 Å². The van der Waals surface area contributed by atoms with Crippen LogP contribution < -0.4 is 0 Å². The fourth-order valence-electron chi connectivity index (χ4n) is 3.23. The van der Waals surface area contributed by atoms with E-state index in [1.807, 2.05) is 20.8 Å². The van der Waals surface area contributed by atoms with E-state index in [0.717, 1.165) is 18.4 Å². The molecule has 2 rings (SSSR count). The van der Waals surface area contributed by atoms with Crippen molar-refractivity contribution in [3.8, 4) is 0 Å². The molecule has 108 valence electrons. The topological polar surface area (TPSA) is 70.0 Å². The number of rotatable bonds is 2. The number of ether oxygens (including phenoxy) is 1. The van der Waals surface area contributed by atoms with Crippen LogP contribution in [0.3, 0.4) is 0 Å². The van der Waals surface area contributed by atoms with E-state index in [0.29, 0.717) is 0 Å². The molecule has 3 atom stereocenters. The molecule has 2 N–H and O–H groups in total. The SMILES string of the molecule is CC(C)(C)OC(=O)N1[C@@H]2CC[C@H]1[C@@H](CO)/C2=C\CO. The highest BCUT2D eigenvalue weighted by molar-refractivity contribution is 5.71. The first-order valence-corrected chi connectivity index (χ1v) is 6.82. The van der Waals surface area contributed by atoms with Gasteiger partial charge in [-0.1, -0.05) is 6.08 Å². The third-order valence-corrected chi connectivity index (χ3v) is 3.83. The average molecular weight is 269 g/mol. The average Bonchev–Trinajstić information content (AvgIpc) is 2.82. The van der Waals surface area contributed by atoms with Crippen molar-refractivity contribution in [2.45, 2.75) is 51.3 Å². The molecular formula is C14H23NO4. The largest absolute Gasteiger partial charge is 0.444 e. The van der Waals surface area contributed by atoms with Gasteiger partial charge >= 0.3 is 6.09 Å². The Bertz CT molecular complexity index is 385. The van der Waals surface area contributed by atoms with Gasteiger partial charge in [-0.2, -0.15) is 0 Å². The zero-order valence-electron chi connectivity index (χ0n) is 11.8. The number of amides is 1. The summed E-state index contributed by atoms with van der Waals surface area (Å²) in [7, 11) is 0. The van der Waals surface area contributed by atoms with E-state index in [1.165, 1.54) is 0 Å². The van der Waals surface area contributed by atoms with Crippen LogP contribution in [0, 0.1) is 5.92 Å². The summed E-state index contributed by atoms with van der Waals surface area (Å²) in [6.07, 6.45) is 3.17. The number of hydrogen-bond acceptors (Lipinski definition) is 4. The summed E-state index contributed by atoms with van der Waals surface area (Å²) >= 11 is 0. The molecule has 0 aliphatic carbocycles. The van der Waals surface area contributed by atoms with Gasteiger partial charge in [0.1, 0.15) is 5.60 Å². The van der Waals surface area contributed by atoms with E-state index >= 15 is 0 Å². The Hall–Kier alpha value is -1.07. The van der Waals surface area contributed by atoms with Crippen molar-refractivity contribution < 1.29 is 19.7 Å². The minimum atomic E-state index is -0.519. The van der Waals surface area contributed by atoms with Crippen LogP contribution >= 0.6 is 0 Å². The summed E-state index contributed by atoms with van der Waals surface area (Å²) < 4.78 is 5.44. The summed E-state index contributed by atoms with van der Waals surface area (Å²) in [5, 5.41) is 18.6. The molecule has 2 fully saturated rings. The molecular weight excluding hydrogens is 246 g/mol. The number of nitrogens with zero attached hydrogens (tertiary/aromatic N) is 1. The Morgan fingerprint density at radius 2 is 2.11 bits per heavy atom. The molecule has 5 heteroatoms. The van der Waals surface area contributed by atoms with E-state index in [-0.39, 0.29) is 37.3 Å². The fraction of sp³-hybridized carbons (Fsp3) is 0.786. The first-order valence-electron chi connectivity index (χ1n) is 6.82. The number of hydrogen-bond donors (Lipinski definition) is 2. The van der Waals surface area contributed by atoms with Crippen molar-refractivity contribution in [2.75, 3.05) is 13.2 Å². The molecule has 0 aromatic carbocycles. The molecule has 2 saturated heterocycles. The maximum absolute atomic E-state index is 12.3. The summed E-state index contributed by atoms with van der Waals surface area (Å²) in [6, 6.07) is -0.0215. The highest BCUT2D eigenvalue weighted by Crippen LogP contribution is 2.45. The van der Waals surface area contributed by atoms with Crippen LogP contribution in [0.1, 0.15) is 33.6 Å². The Labute approximate surface area is 113 Å². The van der Waals surface area contributed by atoms with Gasteiger partial charge in [0, 0.05) is 12.0 Å². The minimum absolute atomic E-state index is 0.00245. The maximum atomic E-state index is 12.3. The Morgan fingerprint density at radius 1 is 1.42 bits per heavy atom. The first-order chi connectivity index (χ1) is 8.89. The van der Waals surface area contributed by atoms with Crippen LogP contribution in [0.15, 0.2) is 11.6 Å². The van der Waals surface area contributed by atoms with Crippen LogP contribution in [-0.4, -0.2) is 52.1 Å². The van der Waals surface area contributed by atoms with Gasteiger partial charge in [-0.15, -0.1) is 0 Å². The van der Waals surface area contributed by atoms with E-state index in [2.05, 4.69) is 0 Å². The van der Waals surface area contributed by atoms with Gasteiger partial charge in [-0.3, -0.25) is 4.90 Å². The standard InChI is InChI=1S/C14H23NO4/c1-14(2,3)19-13(18)15-11-4-5-12(15)10(8-17)9(11)6-7-16/h6,10-12,16-17H,4-5,7-8H2,1-3H3/b9-6+/t10-,11+,12-/m0/s1. The third kappa shape index (κ3) is 2.62. The monoisotopic (exact) mass is 269 g/mol. The number of carbonyl (C=O) groups excluding carboxylic acids is 1.